The molecule has 0 unspecified atom stereocenters. The predicted octanol–water partition coefficient (Wildman–Crippen LogP) is 4.04. The Morgan fingerprint density at radius 3 is 2.21 bits per heavy atom. The van der Waals surface area contributed by atoms with Gasteiger partial charge >= 0.3 is 0 Å². The highest BCUT2D eigenvalue weighted by Gasteiger charge is 2.04. The van der Waals surface area contributed by atoms with Crippen molar-refractivity contribution in [1.82, 2.24) is 0 Å². The van der Waals surface area contributed by atoms with E-state index in [0.717, 1.165) is 5.56 Å². The molecule has 2 nitrogen and oxygen atoms in total. The van der Waals surface area contributed by atoms with Crippen molar-refractivity contribution in [3.8, 4) is 0 Å². The Kier molecular flexibility index (Phi) is 4.52. The Hall–Kier alpha value is -1.88. The molecule has 19 heavy (non-hydrogen) atoms. The second-order valence-electron chi connectivity index (χ2n) is 3.74. The standard InChI is InChI=1S/C14H12F2N2S/c15-14(16)19-12-8-6-11(7-9-12)18-13(17)10-4-2-1-3-5-10/h1-9,14H,(H2,17,18). The van der Waals surface area contributed by atoms with E-state index >= 15 is 0 Å². The molecule has 0 atom stereocenters. The first-order chi connectivity index (χ1) is 9.15. The molecule has 0 amide bonds. The first-order valence-electron chi connectivity index (χ1n) is 5.59. The number of alkyl halides is 2. The summed E-state index contributed by atoms with van der Waals surface area (Å²) in [5.41, 5.74) is 7.34. The highest BCUT2D eigenvalue weighted by atomic mass is 32.2. The van der Waals surface area contributed by atoms with E-state index in [-0.39, 0.29) is 0 Å². The van der Waals surface area contributed by atoms with Crippen molar-refractivity contribution < 1.29 is 8.78 Å². The number of halogens is 2. The molecule has 0 spiro atoms. The van der Waals surface area contributed by atoms with Crippen molar-refractivity contribution in [2.45, 2.75) is 10.7 Å². The van der Waals surface area contributed by atoms with Gasteiger partial charge in [0.2, 0.25) is 0 Å². The summed E-state index contributed by atoms with van der Waals surface area (Å²) in [4.78, 5) is 4.75. The van der Waals surface area contributed by atoms with E-state index in [1.54, 1.807) is 24.3 Å². The van der Waals surface area contributed by atoms with Crippen LogP contribution in [0.4, 0.5) is 14.5 Å². The lowest BCUT2D eigenvalue weighted by molar-refractivity contribution is 0.252. The van der Waals surface area contributed by atoms with Gasteiger partial charge in [-0.05, 0) is 24.3 Å². The number of thioether (sulfide) groups is 1. The number of nitrogens with two attached hydrogens (primary N) is 1. The fraction of sp³-hybridized carbons (Fsp3) is 0.0714. The summed E-state index contributed by atoms with van der Waals surface area (Å²) < 4.78 is 24.3. The molecule has 2 N–H and O–H groups in total. The van der Waals surface area contributed by atoms with Crippen LogP contribution in [0, 0.1) is 0 Å². The Bertz CT molecular complexity index is 553. The maximum Gasteiger partial charge on any atom is 0.288 e. The molecule has 0 heterocycles. The molecular formula is C14H12F2N2S. The van der Waals surface area contributed by atoms with Crippen molar-refractivity contribution >= 4 is 23.3 Å². The van der Waals surface area contributed by atoms with E-state index in [1.807, 2.05) is 30.3 Å². The number of aliphatic imine (C=N–C) groups is 1. The SMILES string of the molecule is NC(=Nc1ccc(SC(F)F)cc1)c1ccccc1. The minimum Gasteiger partial charge on any atom is -0.383 e. The second kappa shape index (κ2) is 6.33. The van der Waals surface area contributed by atoms with Gasteiger partial charge in [0, 0.05) is 10.5 Å². The quantitative estimate of drug-likeness (QED) is 0.521. The van der Waals surface area contributed by atoms with Crippen molar-refractivity contribution in [1.29, 1.82) is 0 Å². The van der Waals surface area contributed by atoms with E-state index < -0.39 is 5.76 Å². The van der Waals surface area contributed by atoms with E-state index in [2.05, 4.69) is 4.99 Å². The Balaban J connectivity index is 2.15. The summed E-state index contributed by atoms with van der Waals surface area (Å²) in [6.07, 6.45) is 0. The van der Waals surface area contributed by atoms with E-state index in [9.17, 15) is 8.78 Å². The lowest BCUT2D eigenvalue weighted by atomic mass is 10.2. The smallest absolute Gasteiger partial charge is 0.288 e. The van der Waals surface area contributed by atoms with Crippen LogP contribution in [0.15, 0.2) is 64.5 Å². The van der Waals surface area contributed by atoms with Gasteiger partial charge in [0.05, 0.1) is 5.69 Å². The molecule has 2 aromatic carbocycles. The minimum absolute atomic E-state index is 0.398. The Morgan fingerprint density at radius 2 is 1.63 bits per heavy atom. The fourth-order valence-electron chi connectivity index (χ4n) is 1.51. The summed E-state index contributed by atoms with van der Waals surface area (Å²) >= 11 is 0.509. The largest absolute Gasteiger partial charge is 0.383 e. The van der Waals surface area contributed by atoms with Gasteiger partial charge in [-0.2, -0.15) is 8.78 Å². The molecule has 0 saturated heterocycles. The molecular weight excluding hydrogens is 266 g/mol. The number of rotatable bonds is 4. The van der Waals surface area contributed by atoms with Gasteiger partial charge in [-0.25, -0.2) is 4.99 Å². The van der Waals surface area contributed by atoms with Crippen molar-refractivity contribution in [2.75, 3.05) is 0 Å². The van der Waals surface area contributed by atoms with Gasteiger partial charge in [-0.1, -0.05) is 42.1 Å². The molecule has 0 aliphatic heterocycles. The third kappa shape index (κ3) is 4.06. The normalized spacial score (nSPS) is 11.8. The fourth-order valence-corrected chi connectivity index (χ4v) is 2.01. The van der Waals surface area contributed by atoms with Crippen LogP contribution in [0.2, 0.25) is 0 Å². The lowest BCUT2D eigenvalue weighted by Gasteiger charge is -2.02. The monoisotopic (exact) mass is 278 g/mol. The van der Waals surface area contributed by atoms with Crippen molar-refractivity contribution in [2.24, 2.45) is 10.7 Å². The lowest BCUT2D eigenvalue weighted by Crippen LogP contribution is -2.12. The highest BCUT2D eigenvalue weighted by molar-refractivity contribution is 7.99. The summed E-state index contributed by atoms with van der Waals surface area (Å²) in [6, 6.07) is 15.9. The number of amidine groups is 1. The molecule has 98 valence electrons. The third-order valence-corrected chi connectivity index (χ3v) is 3.10. The van der Waals surface area contributed by atoms with Gasteiger partial charge in [0.1, 0.15) is 5.84 Å². The molecule has 0 saturated carbocycles. The maximum atomic E-state index is 12.2. The molecule has 0 fully saturated rings. The molecule has 2 aromatic rings. The van der Waals surface area contributed by atoms with Crippen LogP contribution in [0.3, 0.4) is 0 Å². The topological polar surface area (TPSA) is 38.4 Å². The average Bonchev–Trinajstić information content (AvgIpc) is 2.41. The molecule has 0 bridgehead atoms. The zero-order valence-electron chi connectivity index (χ0n) is 9.96. The predicted molar refractivity (Wildman–Crippen MR) is 75.1 cm³/mol. The Labute approximate surface area is 114 Å². The van der Waals surface area contributed by atoms with Gasteiger partial charge in [-0.3, -0.25) is 0 Å². The van der Waals surface area contributed by atoms with Crippen molar-refractivity contribution in [3.05, 3.63) is 60.2 Å². The second-order valence-corrected chi connectivity index (χ2v) is 4.80. The minimum atomic E-state index is -2.41. The summed E-state index contributed by atoms with van der Waals surface area (Å²) in [7, 11) is 0. The average molecular weight is 278 g/mol. The van der Waals surface area contributed by atoms with Crippen LogP contribution in [-0.2, 0) is 0 Å². The first kappa shape index (κ1) is 13.5. The first-order valence-corrected chi connectivity index (χ1v) is 6.47. The van der Waals surface area contributed by atoms with Crippen LogP contribution < -0.4 is 5.73 Å². The van der Waals surface area contributed by atoms with Gasteiger partial charge < -0.3 is 5.73 Å². The number of nitrogens with zero attached hydrogens (tertiary/aromatic N) is 1. The van der Waals surface area contributed by atoms with Crippen LogP contribution in [0.25, 0.3) is 0 Å². The maximum absolute atomic E-state index is 12.2. The molecule has 0 aliphatic carbocycles. The Morgan fingerprint density at radius 1 is 1.00 bits per heavy atom. The van der Waals surface area contributed by atoms with E-state index in [4.69, 9.17) is 5.73 Å². The highest BCUT2D eigenvalue weighted by Crippen LogP contribution is 2.26. The number of benzene rings is 2. The molecule has 5 heteroatoms. The van der Waals surface area contributed by atoms with Crippen LogP contribution in [0.5, 0.6) is 0 Å². The third-order valence-electron chi connectivity index (χ3n) is 2.38. The van der Waals surface area contributed by atoms with Gasteiger partial charge in [-0.15, -0.1) is 0 Å². The van der Waals surface area contributed by atoms with Gasteiger partial charge in [0.25, 0.3) is 5.76 Å². The summed E-state index contributed by atoms with van der Waals surface area (Å²) in [5, 5.41) is 0. The zero-order valence-corrected chi connectivity index (χ0v) is 10.8. The zero-order chi connectivity index (χ0) is 13.7. The van der Waals surface area contributed by atoms with Crippen LogP contribution in [0.1, 0.15) is 5.56 Å². The van der Waals surface area contributed by atoms with Crippen LogP contribution >= 0.6 is 11.8 Å². The molecule has 0 radical (unpaired) electrons. The molecule has 2 rings (SSSR count). The van der Waals surface area contributed by atoms with Gasteiger partial charge in [0.15, 0.2) is 0 Å². The van der Waals surface area contributed by atoms with Crippen LogP contribution in [-0.4, -0.2) is 11.6 Å². The summed E-state index contributed by atoms with van der Waals surface area (Å²) in [5.74, 6) is -2.02. The number of hydrogen-bond acceptors (Lipinski definition) is 2. The molecule has 0 aromatic heterocycles. The van der Waals surface area contributed by atoms with Crippen molar-refractivity contribution in [3.63, 3.8) is 0 Å². The summed E-state index contributed by atoms with van der Waals surface area (Å²) in [6.45, 7) is 0. The number of hydrogen-bond donors (Lipinski definition) is 1. The molecule has 0 aliphatic rings. The van der Waals surface area contributed by atoms with E-state index in [1.165, 1.54) is 0 Å². The van der Waals surface area contributed by atoms with E-state index in [0.29, 0.717) is 28.2 Å².